The van der Waals surface area contributed by atoms with E-state index in [1.807, 2.05) is 97.9 Å². The van der Waals surface area contributed by atoms with Crippen LogP contribution in [0, 0.1) is 28.1 Å². The summed E-state index contributed by atoms with van der Waals surface area (Å²) in [6.07, 6.45) is 5.14. The number of ketones is 2. The highest BCUT2D eigenvalue weighted by molar-refractivity contribution is 6.04. The summed E-state index contributed by atoms with van der Waals surface area (Å²) in [5, 5.41) is 12.4. The zero-order valence-electron chi connectivity index (χ0n) is 32.1. The average molecular weight is 746 g/mol. The van der Waals surface area contributed by atoms with Gasteiger partial charge in [0.2, 0.25) is 5.78 Å². The molecule has 6 aliphatic rings. The number of Topliss-reactive ketones (excluding diaryl/α,β-unsaturated/α-hetero) is 1. The zero-order valence-corrected chi connectivity index (χ0v) is 32.1. The molecule has 9 atom stereocenters. The quantitative estimate of drug-likeness (QED) is 0.237. The lowest BCUT2D eigenvalue weighted by Crippen LogP contribution is -2.71. The summed E-state index contributed by atoms with van der Waals surface area (Å²) in [7, 11) is 2.08. The van der Waals surface area contributed by atoms with Crippen molar-refractivity contribution in [2.75, 3.05) is 27.0 Å². The molecule has 2 aliphatic heterocycles. The molecule has 3 saturated carbocycles. The number of hydrogen-bond donors (Lipinski definition) is 1. The van der Waals surface area contributed by atoms with Gasteiger partial charge in [0.05, 0.1) is 17.6 Å². The second-order valence-electron chi connectivity index (χ2n) is 17.4. The third-order valence-corrected chi connectivity index (χ3v) is 15.3. The van der Waals surface area contributed by atoms with Gasteiger partial charge < -0.3 is 24.2 Å². The van der Waals surface area contributed by atoms with Gasteiger partial charge in [0, 0.05) is 17.4 Å². The second-order valence-corrected chi connectivity index (χ2v) is 17.4. The molecule has 4 aliphatic carbocycles. The Morgan fingerprint density at radius 1 is 0.927 bits per heavy atom. The minimum Gasteiger partial charge on any atom is -0.463 e. The van der Waals surface area contributed by atoms with Crippen molar-refractivity contribution in [2.24, 2.45) is 28.1 Å². The standard InChI is InChI=1S/C47H52FNO6/c1-43-25-24-37(50)42-35(43)23-22-34-36-27-41(53-30-54-42)45(38-21-13-14-26-49(38)3,44(36,2)28-39(51)47(34,43)48)40(52)29-55-46(31-15-7-4-8-16-31,32-17-9-5-10-18-32)33-19-11-6-12-20-33/h4-12,15-20,24-25,34,36,38-39,41,51H,13-14,21-23,26-30H2,1-3H3/t34?,36?,38?,39-,41-,43-,44-,45-,47?/m0/s1. The molecule has 1 N–H and O–H groups in total. The SMILES string of the molecule is CN1CCCCC1[C@]1(C(=O)COC(c2ccccc2)(c2ccccc2)c2ccccc2)[C@@H]2CC3C4CCC5=C(OCO2)C(=O)C=C[C@]5(C)C4(F)[C@@H](O)C[C@@]31C. The molecular weight excluding hydrogens is 694 g/mol. The summed E-state index contributed by atoms with van der Waals surface area (Å²) < 4.78 is 38.9. The summed E-state index contributed by atoms with van der Waals surface area (Å²) in [6.45, 7) is 4.27. The molecular formula is C47H52FNO6. The number of ether oxygens (including phenoxy) is 3. The monoisotopic (exact) mass is 745 g/mol. The van der Waals surface area contributed by atoms with Crippen molar-refractivity contribution in [1.29, 1.82) is 0 Å². The highest BCUT2D eigenvalue weighted by Gasteiger charge is 2.79. The van der Waals surface area contributed by atoms with Crippen molar-refractivity contribution in [1.82, 2.24) is 4.90 Å². The molecule has 8 heteroatoms. The largest absolute Gasteiger partial charge is 0.463 e. The van der Waals surface area contributed by atoms with Gasteiger partial charge >= 0.3 is 0 Å². The maximum absolute atomic E-state index is 18.5. The van der Waals surface area contributed by atoms with E-state index >= 15 is 9.18 Å². The molecule has 0 radical (unpaired) electrons. The lowest BCUT2D eigenvalue weighted by Gasteiger charge is -2.64. The number of benzene rings is 3. The van der Waals surface area contributed by atoms with Crippen molar-refractivity contribution in [2.45, 2.75) is 88.3 Å². The number of piperidine rings is 1. The predicted octanol–water partition coefficient (Wildman–Crippen LogP) is 7.72. The fraction of sp³-hybridized carbons (Fsp3) is 0.489. The topological polar surface area (TPSA) is 85.3 Å². The number of aliphatic hydroxyl groups is 1. The van der Waals surface area contributed by atoms with Crippen molar-refractivity contribution < 1.29 is 33.3 Å². The van der Waals surface area contributed by atoms with Gasteiger partial charge in [-0.05, 0) is 98.7 Å². The number of rotatable bonds is 8. The molecule has 288 valence electrons. The summed E-state index contributed by atoms with van der Waals surface area (Å²) in [5.74, 6) is -1.16. The molecule has 0 spiro atoms. The highest BCUT2D eigenvalue weighted by atomic mass is 19.1. The molecule has 7 nitrogen and oxygen atoms in total. The molecule has 0 aromatic heterocycles. The predicted molar refractivity (Wildman–Crippen MR) is 206 cm³/mol. The summed E-state index contributed by atoms with van der Waals surface area (Å²) in [4.78, 5) is 31.8. The number of aliphatic hydroxyl groups excluding tert-OH is 1. The second kappa shape index (κ2) is 13.3. The number of fused-ring (bicyclic) bond motifs is 3. The number of likely N-dealkylation sites (tertiary alicyclic amines) is 1. The van der Waals surface area contributed by atoms with E-state index in [0.29, 0.717) is 24.8 Å². The van der Waals surface area contributed by atoms with Crippen molar-refractivity contribution >= 4 is 11.6 Å². The lowest BCUT2D eigenvalue weighted by molar-refractivity contribution is -0.225. The van der Waals surface area contributed by atoms with E-state index in [2.05, 4.69) is 18.9 Å². The Balaban J connectivity index is 1.22. The van der Waals surface area contributed by atoms with Crippen molar-refractivity contribution in [3.05, 3.63) is 131 Å². The van der Waals surface area contributed by atoms with Gasteiger partial charge in [-0.2, -0.15) is 0 Å². The van der Waals surface area contributed by atoms with Crippen molar-refractivity contribution in [3.63, 3.8) is 0 Å². The van der Waals surface area contributed by atoms with Crippen LogP contribution in [0.3, 0.4) is 0 Å². The van der Waals surface area contributed by atoms with Gasteiger partial charge in [0.25, 0.3) is 0 Å². The van der Waals surface area contributed by atoms with E-state index in [9.17, 15) is 9.90 Å². The van der Waals surface area contributed by atoms with Crippen LogP contribution in [-0.2, 0) is 29.4 Å². The Morgan fingerprint density at radius 2 is 1.55 bits per heavy atom. The highest BCUT2D eigenvalue weighted by Crippen LogP contribution is 2.74. The van der Waals surface area contributed by atoms with Gasteiger partial charge in [-0.15, -0.1) is 0 Å². The Kier molecular flexibility index (Phi) is 8.89. The zero-order chi connectivity index (χ0) is 38.2. The van der Waals surface area contributed by atoms with Gasteiger partial charge in [0.1, 0.15) is 12.2 Å². The minimum atomic E-state index is -2.07. The van der Waals surface area contributed by atoms with E-state index in [4.69, 9.17) is 14.2 Å². The lowest BCUT2D eigenvalue weighted by atomic mass is 9.42. The first kappa shape index (κ1) is 36.7. The van der Waals surface area contributed by atoms with E-state index in [1.165, 1.54) is 6.08 Å². The maximum atomic E-state index is 18.5. The van der Waals surface area contributed by atoms with E-state index < -0.39 is 45.6 Å². The Hall–Kier alpha value is -3.95. The van der Waals surface area contributed by atoms with E-state index in [0.717, 1.165) is 42.5 Å². The fourth-order valence-electron chi connectivity index (χ4n) is 12.9. The Morgan fingerprint density at radius 3 is 2.15 bits per heavy atom. The molecule has 4 bridgehead atoms. The smallest absolute Gasteiger partial charge is 0.220 e. The van der Waals surface area contributed by atoms with Gasteiger partial charge in [-0.3, -0.25) is 9.59 Å². The van der Waals surface area contributed by atoms with E-state index in [-0.39, 0.29) is 49.1 Å². The number of hydrogen-bond acceptors (Lipinski definition) is 7. The molecule has 3 aromatic rings. The Bertz CT molecular complexity index is 1920. The van der Waals surface area contributed by atoms with Crippen molar-refractivity contribution in [3.8, 4) is 0 Å². The minimum absolute atomic E-state index is 0.0860. The fourth-order valence-corrected chi connectivity index (χ4v) is 12.9. The van der Waals surface area contributed by atoms with E-state index in [1.54, 1.807) is 6.08 Å². The number of halogens is 1. The normalized spacial score (nSPS) is 37.1. The van der Waals surface area contributed by atoms with Gasteiger partial charge in [-0.25, -0.2) is 4.39 Å². The summed E-state index contributed by atoms with van der Waals surface area (Å²) in [5.41, 5.74) is -3.21. The van der Waals surface area contributed by atoms with Crippen LogP contribution in [0.5, 0.6) is 0 Å². The van der Waals surface area contributed by atoms with Gasteiger partial charge in [-0.1, -0.05) is 110 Å². The summed E-state index contributed by atoms with van der Waals surface area (Å²) in [6, 6.07) is 29.9. The Labute approximate surface area is 323 Å². The van der Waals surface area contributed by atoms with Crippen LogP contribution >= 0.6 is 0 Å². The molecule has 2 heterocycles. The third kappa shape index (κ3) is 4.93. The van der Waals surface area contributed by atoms with Crippen LogP contribution in [0.2, 0.25) is 0 Å². The molecule has 4 fully saturated rings. The number of alkyl halides is 1. The molecule has 0 amide bonds. The number of nitrogens with zero attached hydrogens (tertiary/aromatic N) is 1. The van der Waals surface area contributed by atoms with Crippen LogP contribution in [0.25, 0.3) is 0 Å². The third-order valence-electron chi connectivity index (χ3n) is 15.3. The molecule has 1 saturated heterocycles. The van der Waals surface area contributed by atoms with Crippen LogP contribution in [-0.4, -0.2) is 72.5 Å². The average Bonchev–Trinajstić information content (AvgIpc) is 3.43. The number of carbonyl (C=O) groups excluding carboxylic acids is 2. The van der Waals surface area contributed by atoms with Crippen LogP contribution in [0.4, 0.5) is 4.39 Å². The first-order valence-corrected chi connectivity index (χ1v) is 20.2. The molecule has 3 aromatic carbocycles. The van der Waals surface area contributed by atoms with Crippen LogP contribution in [0.15, 0.2) is 114 Å². The molecule has 4 unspecified atom stereocenters. The van der Waals surface area contributed by atoms with Crippen LogP contribution in [0.1, 0.15) is 75.5 Å². The maximum Gasteiger partial charge on any atom is 0.220 e. The molecule has 55 heavy (non-hydrogen) atoms. The number of carbonyl (C=O) groups is 2. The first-order chi connectivity index (χ1) is 26.5. The summed E-state index contributed by atoms with van der Waals surface area (Å²) >= 11 is 0. The van der Waals surface area contributed by atoms with Crippen LogP contribution < -0.4 is 0 Å². The molecule has 9 rings (SSSR count). The van der Waals surface area contributed by atoms with Gasteiger partial charge in [0.15, 0.2) is 24.0 Å². The number of allylic oxidation sites excluding steroid dienone is 3. The first-order valence-electron chi connectivity index (χ1n) is 20.2.